The largest absolute Gasteiger partial charge is 0.459 e. The lowest BCUT2D eigenvalue weighted by Crippen LogP contribution is -2.30. The van der Waals surface area contributed by atoms with E-state index < -0.39 is 5.91 Å². The van der Waals surface area contributed by atoms with Crippen LogP contribution in [0.3, 0.4) is 0 Å². The molecular formula is C27H22N4O2S. The van der Waals surface area contributed by atoms with Gasteiger partial charge in [0.15, 0.2) is 5.11 Å². The number of para-hydroxylation sites is 1. The number of hydrogen-bond acceptors (Lipinski definition) is 4. The summed E-state index contributed by atoms with van der Waals surface area (Å²) in [6, 6.07) is 27.0. The van der Waals surface area contributed by atoms with E-state index in [1.807, 2.05) is 85.8 Å². The number of nitrogens with two attached hydrogens (primary N) is 1. The number of rotatable bonds is 5. The SMILES string of the molecule is CC(NC(=S)Nc1ccc(-c2nc(C(N)=O)cc3ccccc23)cc1)c1cc2ccccc2o1. The lowest BCUT2D eigenvalue weighted by atomic mass is 10.0. The Balaban J connectivity index is 1.32. The van der Waals surface area contributed by atoms with Crippen molar-refractivity contribution in [3.63, 3.8) is 0 Å². The topological polar surface area (TPSA) is 93.2 Å². The third kappa shape index (κ3) is 4.33. The first-order valence-electron chi connectivity index (χ1n) is 10.8. The first-order chi connectivity index (χ1) is 16.5. The van der Waals surface area contributed by atoms with Gasteiger partial charge in [0, 0.05) is 22.0 Å². The number of carbonyl (C=O) groups excluding carboxylic acids is 1. The predicted octanol–water partition coefficient (Wildman–Crippen LogP) is 5.79. The van der Waals surface area contributed by atoms with Crippen LogP contribution in [-0.4, -0.2) is 16.0 Å². The number of furan rings is 1. The summed E-state index contributed by atoms with van der Waals surface area (Å²) in [6.07, 6.45) is 0. The van der Waals surface area contributed by atoms with Crippen LogP contribution in [0.2, 0.25) is 0 Å². The Bertz CT molecular complexity index is 1490. The second-order valence-electron chi connectivity index (χ2n) is 8.03. The van der Waals surface area contributed by atoms with E-state index in [1.54, 1.807) is 6.07 Å². The number of amides is 1. The van der Waals surface area contributed by atoms with E-state index in [0.29, 0.717) is 10.8 Å². The summed E-state index contributed by atoms with van der Waals surface area (Å²) < 4.78 is 5.92. The van der Waals surface area contributed by atoms with Crippen LogP contribution >= 0.6 is 12.2 Å². The van der Waals surface area contributed by atoms with Crippen molar-refractivity contribution >= 4 is 50.7 Å². The standard InChI is InChI=1S/C27H22N4O2S/c1-16(24-15-19-7-3-5-9-23(19)33-24)29-27(34)30-20-12-10-17(11-13-20)25-21-8-4-2-6-18(21)14-22(31-25)26(28)32/h2-16H,1H3,(H2,28,32)(H2,29,30,34). The van der Waals surface area contributed by atoms with Crippen LogP contribution in [0.15, 0.2) is 89.3 Å². The molecule has 5 aromatic rings. The molecule has 0 spiro atoms. The maximum Gasteiger partial charge on any atom is 0.267 e. The van der Waals surface area contributed by atoms with Gasteiger partial charge >= 0.3 is 0 Å². The van der Waals surface area contributed by atoms with Crippen molar-refractivity contribution in [3.05, 3.63) is 96.4 Å². The number of primary amides is 1. The van der Waals surface area contributed by atoms with Crippen LogP contribution in [0.4, 0.5) is 5.69 Å². The zero-order valence-corrected chi connectivity index (χ0v) is 19.2. The number of nitrogens with zero attached hydrogens (tertiary/aromatic N) is 1. The van der Waals surface area contributed by atoms with Gasteiger partial charge in [-0.2, -0.15) is 0 Å². The van der Waals surface area contributed by atoms with Crippen LogP contribution in [0, 0.1) is 0 Å². The summed E-state index contributed by atoms with van der Waals surface area (Å²) in [6.45, 7) is 2.00. The van der Waals surface area contributed by atoms with Crippen molar-refractivity contribution in [1.82, 2.24) is 10.3 Å². The fraction of sp³-hybridized carbons (Fsp3) is 0.0741. The summed E-state index contributed by atoms with van der Waals surface area (Å²) in [7, 11) is 0. The van der Waals surface area contributed by atoms with Gasteiger partial charge in [-0.1, -0.05) is 54.6 Å². The molecule has 1 atom stereocenters. The molecule has 0 aliphatic carbocycles. The molecule has 6 nitrogen and oxygen atoms in total. The molecule has 3 aromatic carbocycles. The Morgan fingerprint density at radius 1 is 0.971 bits per heavy atom. The van der Waals surface area contributed by atoms with E-state index in [1.165, 1.54) is 0 Å². The smallest absolute Gasteiger partial charge is 0.267 e. The third-order valence-electron chi connectivity index (χ3n) is 5.63. The second kappa shape index (κ2) is 8.96. The Kier molecular flexibility index (Phi) is 5.69. The lowest BCUT2D eigenvalue weighted by molar-refractivity contribution is 0.0996. The summed E-state index contributed by atoms with van der Waals surface area (Å²) in [5.41, 5.74) is 8.99. The summed E-state index contributed by atoms with van der Waals surface area (Å²) in [5, 5.41) is 9.87. The highest BCUT2D eigenvalue weighted by Crippen LogP contribution is 2.29. The molecule has 2 heterocycles. The minimum atomic E-state index is -0.555. The van der Waals surface area contributed by atoms with E-state index in [9.17, 15) is 4.79 Å². The molecule has 4 N–H and O–H groups in total. The van der Waals surface area contributed by atoms with Crippen molar-refractivity contribution in [2.75, 3.05) is 5.32 Å². The van der Waals surface area contributed by atoms with Crippen LogP contribution < -0.4 is 16.4 Å². The Morgan fingerprint density at radius 2 is 1.68 bits per heavy atom. The van der Waals surface area contributed by atoms with Gasteiger partial charge in [-0.25, -0.2) is 4.98 Å². The third-order valence-corrected chi connectivity index (χ3v) is 5.85. The van der Waals surface area contributed by atoms with Crippen LogP contribution in [0.5, 0.6) is 0 Å². The molecule has 7 heteroatoms. The Hall–Kier alpha value is -4.23. The zero-order valence-electron chi connectivity index (χ0n) is 18.4. The normalized spacial score (nSPS) is 11.9. The number of fused-ring (bicyclic) bond motifs is 2. The molecule has 5 rings (SSSR count). The molecule has 0 fully saturated rings. The molecule has 0 aliphatic rings. The number of hydrogen-bond donors (Lipinski definition) is 3. The summed E-state index contributed by atoms with van der Waals surface area (Å²) in [4.78, 5) is 16.3. The molecule has 34 heavy (non-hydrogen) atoms. The van der Waals surface area contributed by atoms with Crippen molar-refractivity contribution in [3.8, 4) is 11.3 Å². The highest BCUT2D eigenvalue weighted by atomic mass is 32.1. The van der Waals surface area contributed by atoms with Crippen LogP contribution in [0.25, 0.3) is 33.0 Å². The molecule has 0 saturated heterocycles. The fourth-order valence-corrected chi connectivity index (χ4v) is 4.20. The first kappa shape index (κ1) is 21.6. The van der Waals surface area contributed by atoms with Crippen molar-refractivity contribution < 1.29 is 9.21 Å². The monoisotopic (exact) mass is 466 g/mol. The van der Waals surface area contributed by atoms with Gasteiger partial charge in [-0.15, -0.1) is 0 Å². The second-order valence-corrected chi connectivity index (χ2v) is 8.43. The molecule has 0 bridgehead atoms. The fourth-order valence-electron chi connectivity index (χ4n) is 3.91. The average molecular weight is 467 g/mol. The number of aromatic nitrogens is 1. The van der Waals surface area contributed by atoms with Gasteiger partial charge in [-0.3, -0.25) is 4.79 Å². The van der Waals surface area contributed by atoms with Crippen molar-refractivity contribution in [1.29, 1.82) is 0 Å². The van der Waals surface area contributed by atoms with E-state index in [4.69, 9.17) is 22.4 Å². The Morgan fingerprint density at radius 3 is 2.41 bits per heavy atom. The van der Waals surface area contributed by atoms with Crippen molar-refractivity contribution in [2.45, 2.75) is 13.0 Å². The minimum absolute atomic E-state index is 0.0984. The lowest BCUT2D eigenvalue weighted by Gasteiger charge is -2.15. The van der Waals surface area contributed by atoms with Crippen LogP contribution in [0.1, 0.15) is 29.2 Å². The van der Waals surface area contributed by atoms with E-state index in [0.717, 1.165) is 38.8 Å². The predicted molar refractivity (Wildman–Crippen MR) is 140 cm³/mol. The number of nitrogens with one attached hydrogen (secondary N) is 2. The van der Waals surface area contributed by atoms with Crippen molar-refractivity contribution in [2.24, 2.45) is 5.73 Å². The first-order valence-corrected chi connectivity index (χ1v) is 11.2. The van der Waals surface area contributed by atoms with Gasteiger partial charge in [0.1, 0.15) is 17.0 Å². The summed E-state index contributed by atoms with van der Waals surface area (Å²) >= 11 is 5.50. The number of carbonyl (C=O) groups is 1. The number of anilines is 1. The van der Waals surface area contributed by atoms with Crippen LogP contribution in [-0.2, 0) is 0 Å². The van der Waals surface area contributed by atoms with Gasteiger partial charge in [0.05, 0.1) is 11.7 Å². The highest BCUT2D eigenvalue weighted by molar-refractivity contribution is 7.80. The molecule has 0 aliphatic heterocycles. The molecule has 2 aromatic heterocycles. The zero-order chi connectivity index (χ0) is 23.7. The molecule has 168 valence electrons. The van der Waals surface area contributed by atoms with Gasteiger partial charge in [0.25, 0.3) is 5.91 Å². The molecule has 0 saturated carbocycles. The number of thiocarbonyl (C=S) groups is 1. The van der Waals surface area contributed by atoms with Gasteiger partial charge in [-0.05, 0) is 54.9 Å². The molecule has 1 unspecified atom stereocenters. The number of benzene rings is 3. The maximum absolute atomic E-state index is 11.8. The summed E-state index contributed by atoms with van der Waals surface area (Å²) in [5.74, 6) is 0.258. The average Bonchev–Trinajstić information content (AvgIpc) is 3.28. The van der Waals surface area contributed by atoms with Gasteiger partial charge < -0.3 is 20.8 Å². The maximum atomic E-state index is 11.8. The molecular weight excluding hydrogens is 444 g/mol. The quantitative estimate of drug-likeness (QED) is 0.284. The molecule has 0 radical (unpaired) electrons. The number of pyridine rings is 1. The minimum Gasteiger partial charge on any atom is -0.459 e. The van der Waals surface area contributed by atoms with E-state index >= 15 is 0 Å². The van der Waals surface area contributed by atoms with Gasteiger partial charge in [0.2, 0.25) is 0 Å². The highest BCUT2D eigenvalue weighted by Gasteiger charge is 2.14. The Labute approximate surface area is 201 Å². The van der Waals surface area contributed by atoms with E-state index in [2.05, 4.69) is 15.6 Å². The van der Waals surface area contributed by atoms with E-state index in [-0.39, 0.29) is 11.7 Å². The molecule has 1 amide bonds.